The van der Waals surface area contributed by atoms with Crippen LogP contribution in [0.15, 0.2) is 66.7 Å². The highest BCUT2D eigenvalue weighted by atomic mass is 19.4. The van der Waals surface area contributed by atoms with Crippen molar-refractivity contribution in [2.45, 2.75) is 45.5 Å². The van der Waals surface area contributed by atoms with E-state index in [2.05, 4.69) is 20.8 Å². The molecule has 0 spiro atoms. The van der Waals surface area contributed by atoms with Crippen molar-refractivity contribution >= 4 is 41.0 Å². The molecule has 0 atom stereocenters. The first kappa shape index (κ1) is 40.9. The molecule has 1 aliphatic carbocycles. The van der Waals surface area contributed by atoms with Gasteiger partial charge in [0.05, 0.1) is 25.5 Å². The zero-order valence-corrected chi connectivity index (χ0v) is 28.5. The second-order valence-corrected chi connectivity index (χ2v) is 11.0. The number of hydrogen-bond donors (Lipinski definition) is 5. The summed E-state index contributed by atoms with van der Waals surface area (Å²) < 4.78 is 42.5. The van der Waals surface area contributed by atoms with Gasteiger partial charge in [0.25, 0.3) is 23.6 Å². The van der Waals surface area contributed by atoms with E-state index >= 15 is 0 Å². The predicted molar refractivity (Wildman–Crippen MR) is 183 cm³/mol. The number of amides is 4. The molecule has 0 unspecified atom stereocenters. The smallest absolute Gasteiger partial charge is 0.482 e. The molecule has 52 heavy (non-hydrogen) atoms. The van der Waals surface area contributed by atoms with Crippen molar-refractivity contribution in [2.75, 3.05) is 43.6 Å². The molecule has 14 nitrogen and oxygen atoms in total. The van der Waals surface area contributed by atoms with Gasteiger partial charge in [0.1, 0.15) is 5.75 Å². The highest BCUT2D eigenvalue weighted by molar-refractivity contribution is 6.04. The summed E-state index contributed by atoms with van der Waals surface area (Å²) in [7, 11) is 0. The number of nitrogens with one attached hydrogen (secondary N) is 3. The Bertz CT molecular complexity index is 1680. The number of ether oxygens (including phenoxy) is 2. The van der Waals surface area contributed by atoms with Crippen molar-refractivity contribution in [3.63, 3.8) is 0 Å². The van der Waals surface area contributed by atoms with Crippen LogP contribution >= 0.6 is 0 Å². The van der Waals surface area contributed by atoms with Crippen LogP contribution in [0.5, 0.6) is 5.75 Å². The molecule has 1 saturated carbocycles. The van der Waals surface area contributed by atoms with Gasteiger partial charge in [0, 0.05) is 41.5 Å². The Labute approximate surface area is 297 Å². The summed E-state index contributed by atoms with van der Waals surface area (Å²) in [4.78, 5) is 65.2. The lowest BCUT2D eigenvalue weighted by atomic mass is 10.1. The number of benzene rings is 3. The first-order valence-corrected chi connectivity index (χ1v) is 16.2. The van der Waals surface area contributed by atoms with E-state index in [0.717, 1.165) is 18.4 Å². The Kier molecular flexibility index (Phi) is 15.5. The number of fused-ring (bicyclic) bond motifs is 1. The van der Waals surface area contributed by atoms with Crippen molar-refractivity contribution in [3.05, 3.63) is 89.0 Å². The van der Waals surface area contributed by atoms with E-state index in [1.807, 2.05) is 30.9 Å². The molecule has 1 heterocycles. The minimum Gasteiger partial charge on any atom is -0.482 e. The summed E-state index contributed by atoms with van der Waals surface area (Å²) in [5.41, 5.74) is 3.40. The number of carboxylic acid groups (broad SMARTS) is 1. The number of alkyl halides is 3. The van der Waals surface area contributed by atoms with E-state index in [-0.39, 0.29) is 42.9 Å². The van der Waals surface area contributed by atoms with Crippen LogP contribution in [0, 0.1) is 0 Å². The number of halogens is 3. The fraction of sp³-hybridized carbons (Fsp3) is 0.343. The van der Waals surface area contributed by atoms with Gasteiger partial charge in [-0.3, -0.25) is 19.2 Å². The molecule has 0 bridgehead atoms. The minimum absolute atomic E-state index is 0.0802. The van der Waals surface area contributed by atoms with Crippen LogP contribution in [0.2, 0.25) is 0 Å². The van der Waals surface area contributed by atoms with Gasteiger partial charge in [-0.15, -0.1) is 0 Å². The quantitative estimate of drug-likeness (QED) is 0.124. The Balaban J connectivity index is 0.000000726. The number of anilines is 2. The third-order valence-corrected chi connectivity index (χ3v) is 7.20. The largest absolute Gasteiger partial charge is 0.490 e. The summed E-state index contributed by atoms with van der Waals surface area (Å²) in [5.74, 6) is 1.75. The normalized spacial score (nSPS) is 13.0. The summed E-state index contributed by atoms with van der Waals surface area (Å²) in [6.45, 7) is 5.62. The van der Waals surface area contributed by atoms with Crippen molar-refractivity contribution in [1.82, 2.24) is 10.2 Å². The second kappa shape index (κ2) is 19.8. The molecular weight excluding hydrogens is 691 g/mol. The fourth-order valence-electron chi connectivity index (χ4n) is 4.54. The van der Waals surface area contributed by atoms with E-state index < -0.39 is 12.1 Å². The molecule has 3 aromatic rings. The van der Waals surface area contributed by atoms with Gasteiger partial charge in [-0.1, -0.05) is 26.0 Å². The number of carbonyl (C=O) groups excluding carboxylic acids is 4. The van der Waals surface area contributed by atoms with Gasteiger partial charge in [-0.05, 0) is 73.0 Å². The highest BCUT2D eigenvalue weighted by Crippen LogP contribution is 2.33. The summed E-state index contributed by atoms with van der Waals surface area (Å²) >= 11 is 0. The van der Waals surface area contributed by atoms with E-state index in [1.54, 1.807) is 54.6 Å². The molecule has 0 saturated heterocycles. The lowest BCUT2D eigenvalue weighted by molar-refractivity contribution is -0.192. The summed E-state index contributed by atoms with van der Waals surface area (Å²) in [6.07, 6.45) is -3.21. The van der Waals surface area contributed by atoms with Gasteiger partial charge >= 0.3 is 12.1 Å². The Morgan fingerprint density at radius 1 is 0.923 bits per heavy atom. The monoisotopic (exact) mass is 731 g/mol. The van der Waals surface area contributed by atoms with Gasteiger partial charge in [0.2, 0.25) is 0 Å². The van der Waals surface area contributed by atoms with Gasteiger partial charge in [0.15, 0.2) is 6.61 Å². The number of aliphatic carboxylic acids is 1. The number of hydrogen-bond acceptors (Lipinski definition) is 9. The van der Waals surface area contributed by atoms with Crippen molar-refractivity contribution in [2.24, 2.45) is 5.90 Å². The molecule has 17 heteroatoms. The Hall–Kier alpha value is -5.52. The Morgan fingerprint density at radius 3 is 2.12 bits per heavy atom. The number of nitrogens with zero attached hydrogens (tertiary/aromatic N) is 1. The molecule has 0 aromatic heterocycles. The van der Waals surface area contributed by atoms with Crippen LogP contribution < -0.4 is 26.6 Å². The maximum Gasteiger partial charge on any atom is 0.490 e. The van der Waals surface area contributed by atoms with Crippen LogP contribution in [-0.4, -0.2) is 84.8 Å². The van der Waals surface area contributed by atoms with Crippen LogP contribution in [0.3, 0.4) is 0 Å². The van der Waals surface area contributed by atoms with Crippen molar-refractivity contribution in [1.29, 1.82) is 0 Å². The number of carboxylic acids is 1. The maximum atomic E-state index is 13.4. The summed E-state index contributed by atoms with van der Waals surface area (Å²) in [5, 5.41) is 15.4. The van der Waals surface area contributed by atoms with E-state index in [4.69, 9.17) is 25.3 Å². The zero-order chi connectivity index (χ0) is 38.3. The van der Waals surface area contributed by atoms with Crippen molar-refractivity contribution in [3.8, 4) is 5.75 Å². The first-order valence-electron chi connectivity index (χ1n) is 16.2. The van der Waals surface area contributed by atoms with E-state index in [0.29, 0.717) is 60.1 Å². The first-order chi connectivity index (χ1) is 24.8. The third kappa shape index (κ3) is 12.7. The van der Waals surface area contributed by atoms with Gasteiger partial charge < -0.3 is 40.3 Å². The molecular formula is C35H40F3N5O9. The lowest BCUT2D eigenvalue weighted by Crippen LogP contribution is -2.33. The standard InChI is InChI=1S/C31H33N5O7.C2HF3O2.C2H6/c32-43-16-15-41-14-13-33-29(38)21-5-8-24(9-6-21)34-30(39)22-3-1-20(2-4-22)18-36(25-10-11-25)31(40)23-7-12-26-27(17-23)42-19-28(37)35-26;3-2(4,5)1(6)7;1-2/h1-9,12,17,25H,10-11,13-16,18-19,32H2,(H,33,38)(H,34,39)(H,35,37);(H,6,7);1-2H3. The van der Waals surface area contributed by atoms with Crippen LogP contribution in [0.4, 0.5) is 24.5 Å². The zero-order valence-electron chi connectivity index (χ0n) is 28.5. The average Bonchev–Trinajstić information content (AvgIpc) is 3.98. The highest BCUT2D eigenvalue weighted by Gasteiger charge is 2.38. The van der Waals surface area contributed by atoms with E-state index in [9.17, 15) is 32.3 Å². The number of rotatable bonds is 13. The fourth-order valence-corrected chi connectivity index (χ4v) is 4.54. The van der Waals surface area contributed by atoms with Gasteiger partial charge in [-0.2, -0.15) is 13.2 Å². The second-order valence-electron chi connectivity index (χ2n) is 11.0. The third-order valence-electron chi connectivity index (χ3n) is 7.20. The molecule has 280 valence electrons. The van der Waals surface area contributed by atoms with Crippen LogP contribution in [-0.2, 0) is 25.7 Å². The molecule has 1 aliphatic heterocycles. The molecule has 3 aromatic carbocycles. The SMILES string of the molecule is CC.NOCCOCCNC(=O)c1ccc(NC(=O)c2ccc(CN(C(=O)c3ccc4c(c3)OCC(=O)N4)C3CC3)cc2)cc1.O=C(O)C(F)(F)F. The molecule has 5 rings (SSSR count). The molecule has 1 fully saturated rings. The lowest BCUT2D eigenvalue weighted by Gasteiger charge is -2.24. The molecule has 2 aliphatic rings. The van der Waals surface area contributed by atoms with Crippen LogP contribution in [0.25, 0.3) is 0 Å². The molecule has 4 amide bonds. The minimum atomic E-state index is -5.08. The number of nitrogens with two attached hydrogens (primary N) is 1. The molecule has 0 radical (unpaired) electrons. The maximum absolute atomic E-state index is 13.4. The topological polar surface area (TPSA) is 199 Å². The van der Waals surface area contributed by atoms with Crippen molar-refractivity contribution < 1.29 is 56.6 Å². The summed E-state index contributed by atoms with van der Waals surface area (Å²) in [6, 6.07) is 18.9. The Morgan fingerprint density at radius 2 is 1.52 bits per heavy atom. The van der Waals surface area contributed by atoms with Gasteiger partial charge in [-0.25, -0.2) is 10.7 Å². The average molecular weight is 732 g/mol. The number of carbonyl (C=O) groups is 5. The van der Waals surface area contributed by atoms with Crippen LogP contribution in [0.1, 0.15) is 63.3 Å². The predicted octanol–water partition coefficient (Wildman–Crippen LogP) is 4.37. The van der Waals surface area contributed by atoms with E-state index in [1.165, 1.54) is 0 Å². The molecule has 6 N–H and O–H groups in total.